The fourth-order valence-corrected chi connectivity index (χ4v) is 3.85. The maximum Gasteiger partial charge on any atom is 0.345 e. The maximum atomic E-state index is 12.4. The summed E-state index contributed by atoms with van der Waals surface area (Å²) in [5, 5.41) is 7.35. The van der Waals surface area contributed by atoms with E-state index in [1.807, 2.05) is 24.3 Å². The number of halogens is 1. The molecule has 0 amide bonds. The molecule has 30 heavy (non-hydrogen) atoms. The van der Waals surface area contributed by atoms with Crippen LogP contribution in [0.5, 0.6) is 11.5 Å². The van der Waals surface area contributed by atoms with Gasteiger partial charge in [-0.3, -0.25) is 5.43 Å². The summed E-state index contributed by atoms with van der Waals surface area (Å²) in [5.41, 5.74) is 4.73. The van der Waals surface area contributed by atoms with Crippen LogP contribution >= 0.6 is 27.3 Å². The molecular weight excluding hydrogens is 470 g/mol. The molecule has 0 aliphatic rings. The summed E-state index contributed by atoms with van der Waals surface area (Å²) in [6.45, 7) is 0. The molecule has 0 unspecified atom stereocenters. The van der Waals surface area contributed by atoms with Crippen molar-refractivity contribution in [2.24, 2.45) is 5.10 Å². The average molecular weight is 486 g/mol. The quantitative estimate of drug-likeness (QED) is 0.231. The predicted octanol–water partition coefficient (Wildman–Crippen LogP) is 5.14. The Morgan fingerprint density at radius 3 is 2.77 bits per heavy atom. The predicted molar refractivity (Wildman–Crippen MR) is 122 cm³/mol. The van der Waals surface area contributed by atoms with E-state index in [2.05, 4.69) is 31.4 Å². The topological polar surface area (TPSA) is 86.0 Å². The third-order valence-electron chi connectivity index (χ3n) is 4.26. The normalized spacial score (nSPS) is 11.2. The third kappa shape index (κ3) is 4.22. The second kappa shape index (κ2) is 8.68. The van der Waals surface area contributed by atoms with Crippen LogP contribution in [0.1, 0.15) is 5.56 Å². The van der Waals surface area contributed by atoms with Gasteiger partial charge in [0.25, 0.3) is 0 Å². The molecule has 0 aliphatic heterocycles. The fourth-order valence-electron chi connectivity index (χ4n) is 2.82. The van der Waals surface area contributed by atoms with E-state index < -0.39 is 5.63 Å². The molecular formula is C21H16BrN3O4S. The Kier molecular flexibility index (Phi) is 5.82. The molecule has 0 radical (unpaired) electrons. The molecule has 152 valence electrons. The van der Waals surface area contributed by atoms with Gasteiger partial charge in [-0.15, -0.1) is 11.3 Å². The lowest BCUT2D eigenvalue weighted by Gasteiger charge is -2.07. The first-order chi connectivity index (χ1) is 14.6. The summed E-state index contributed by atoms with van der Waals surface area (Å²) in [6, 6.07) is 12.7. The van der Waals surface area contributed by atoms with E-state index in [1.165, 1.54) is 11.3 Å². The van der Waals surface area contributed by atoms with Crippen molar-refractivity contribution in [1.29, 1.82) is 0 Å². The van der Waals surface area contributed by atoms with Crippen molar-refractivity contribution in [3.05, 3.63) is 68.3 Å². The molecule has 2 heterocycles. The summed E-state index contributed by atoms with van der Waals surface area (Å²) in [7, 11) is 3.17. The van der Waals surface area contributed by atoms with E-state index >= 15 is 0 Å². The van der Waals surface area contributed by atoms with Crippen molar-refractivity contribution in [3.8, 4) is 22.8 Å². The highest BCUT2D eigenvalue weighted by atomic mass is 79.9. The monoisotopic (exact) mass is 485 g/mol. The minimum absolute atomic E-state index is 0.397. The van der Waals surface area contributed by atoms with Crippen molar-refractivity contribution >= 4 is 49.6 Å². The average Bonchev–Trinajstić information content (AvgIpc) is 3.22. The Morgan fingerprint density at radius 2 is 1.97 bits per heavy atom. The molecule has 4 aromatic rings. The van der Waals surface area contributed by atoms with Crippen molar-refractivity contribution in [2.45, 2.75) is 0 Å². The number of hydrogen-bond donors (Lipinski definition) is 1. The van der Waals surface area contributed by atoms with Crippen LogP contribution in [-0.4, -0.2) is 25.4 Å². The van der Waals surface area contributed by atoms with Crippen LogP contribution in [0.3, 0.4) is 0 Å². The van der Waals surface area contributed by atoms with E-state index in [-0.39, 0.29) is 0 Å². The first-order valence-electron chi connectivity index (χ1n) is 8.78. The highest BCUT2D eigenvalue weighted by molar-refractivity contribution is 9.10. The van der Waals surface area contributed by atoms with E-state index in [9.17, 15) is 4.79 Å². The van der Waals surface area contributed by atoms with Gasteiger partial charge in [-0.05, 0) is 48.0 Å². The second-order valence-corrected chi connectivity index (χ2v) is 7.93. The van der Waals surface area contributed by atoms with Crippen molar-refractivity contribution < 1.29 is 13.9 Å². The highest BCUT2D eigenvalue weighted by Gasteiger charge is 2.12. The fraction of sp³-hybridized carbons (Fsp3) is 0.0952. The van der Waals surface area contributed by atoms with Crippen molar-refractivity contribution in [2.75, 3.05) is 19.6 Å². The maximum absolute atomic E-state index is 12.4. The molecule has 4 rings (SSSR count). The van der Waals surface area contributed by atoms with Gasteiger partial charge in [0.05, 0.1) is 31.7 Å². The molecule has 0 spiro atoms. The summed E-state index contributed by atoms with van der Waals surface area (Å²) < 4.78 is 16.8. The molecule has 0 bridgehead atoms. The van der Waals surface area contributed by atoms with Crippen molar-refractivity contribution in [3.63, 3.8) is 0 Å². The Balaban J connectivity index is 1.54. The van der Waals surface area contributed by atoms with E-state index in [0.29, 0.717) is 33.5 Å². The van der Waals surface area contributed by atoms with Gasteiger partial charge in [-0.2, -0.15) is 5.10 Å². The third-order valence-corrected chi connectivity index (χ3v) is 5.50. The van der Waals surface area contributed by atoms with Crippen LogP contribution in [0.15, 0.2) is 66.6 Å². The lowest BCUT2D eigenvalue weighted by atomic mass is 10.1. The zero-order valence-electron chi connectivity index (χ0n) is 16.0. The second-order valence-electron chi connectivity index (χ2n) is 6.15. The van der Waals surface area contributed by atoms with E-state index in [0.717, 1.165) is 15.4 Å². The van der Waals surface area contributed by atoms with Gasteiger partial charge in [0.1, 0.15) is 5.58 Å². The number of benzene rings is 2. The lowest BCUT2D eigenvalue weighted by Crippen LogP contribution is -2.03. The number of hydrazone groups is 1. The van der Waals surface area contributed by atoms with Crippen molar-refractivity contribution in [1.82, 2.24) is 4.98 Å². The van der Waals surface area contributed by atoms with Crippen LogP contribution in [-0.2, 0) is 0 Å². The van der Waals surface area contributed by atoms with E-state index in [1.54, 1.807) is 44.0 Å². The van der Waals surface area contributed by atoms with Gasteiger partial charge in [0.15, 0.2) is 11.5 Å². The first kappa shape index (κ1) is 20.1. The summed E-state index contributed by atoms with van der Waals surface area (Å²) in [5.74, 6) is 1.26. The zero-order chi connectivity index (χ0) is 21.1. The largest absolute Gasteiger partial charge is 0.493 e. The molecule has 0 fully saturated rings. The van der Waals surface area contributed by atoms with Crippen LogP contribution in [0.25, 0.3) is 22.2 Å². The van der Waals surface area contributed by atoms with Gasteiger partial charge in [-0.25, -0.2) is 9.78 Å². The summed E-state index contributed by atoms with van der Waals surface area (Å²) >= 11 is 4.77. The molecule has 7 nitrogen and oxygen atoms in total. The van der Waals surface area contributed by atoms with Gasteiger partial charge >= 0.3 is 5.63 Å². The summed E-state index contributed by atoms with van der Waals surface area (Å²) in [4.78, 5) is 16.8. The number of rotatable bonds is 6. The van der Waals surface area contributed by atoms with Crippen LogP contribution in [0.4, 0.5) is 5.13 Å². The SMILES string of the molecule is COc1ccc(/C=N/Nc2nc(-c3cc4cc(Br)ccc4oc3=O)cs2)cc1OC. The minimum Gasteiger partial charge on any atom is -0.493 e. The van der Waals surface area contributed by atoms with Gasteiger partial charge in [-0.1, -0.05) is 15.9 Å². The minimum atomic E-state index is -0.435. The number of fused-ring (bicyclic) bond motifs is 1. The van der Waals surface area contributed by atoms with Crippen LogP contribution < -0.4 is 20.5 Å². The Labute approximate surface area is 184 Å². The smallest absolute Gasteiger partial charge is 0.345 e. The molecule has 0 saturated carbocycles. The molecule has 1 N–H and O–H groups in total. The molecule has 0 atom stereocenters. The molecule has 0 aliphatic carbocycles. The number of methoxy groups -OCH3 is 2. The molecule has 2 aromatic heterocycles. The highest BCUT2D eigenvalue weighted by Crippen LogP contribution is 2.28. The van der Waals surface area contributed by atoms with Crippen LogP contribution in [0, 0.1) is 0 Å². The number of anilines is 1. The van der Waals surface area contributed by atoms with E-state index in [4.69, 9.17) is 13.9 Å². The number of thiazole rings is 1. The standard InChI is InChI=1S/C21H16BrN3O4S/c1-27-18-5-3-12(7-19(18)28-2)10-23-25-21-24-16(11-30-21)15-9-13-8-14(22)4-6-17(13)29-20(15)26/h3-11H,1-2H3,(H,24,25)/b23-10+. The number of hydrogen-bond acceptors (Lipinski definition) is 8. The number of aromatic nitrogens is 1. The Bertz CT molecular complexity index is 1300. The lowest BCUT2D eigenvalue weighted by molar-refractivity contribution is 0.355. The molecule has 0 saturated heterocycles. The molecule has 9 heteroatoms. The number of nitrogens with zero attached hydrogens (tertiary/aromatic N) is 2. The van der Waals surface area contributed by atoms with Gasteiger partial charge in [0, 0.05) is 15.2 Å². The zero-order valence-corrected chi connectivity index (χ0v) is 18.4. The van der Waals surface area contributed by atoms with Gasteiger partial charge < -0.3 is 13.9 Å². The summed E-state index contributed by atoms with van der Waals surface area (Å²) in [6.07, 6.45) is 1.64. The molecule has 2 aromatic carbocycles. The van der Waals surface area contributed by atoms with Gasteiger partial charge in [0.2, 0.25) is 5.13 Å². The Morgan fingerprint density at radius 1 is 1.13 bits per heavy atom. The Hall–Kier alpha value is -3.17. The first-order valence-corrected chi connectivity index (χ1v) is 10.4. The number of ether oxygens (including phenoxy) is 2. The number of nitrogens with one attached hydrogen (secondary N) is 1. The van der Waals surface area contributed by atoms with Crippen LogP contribution in [0.2, 0.25) is 0 Å².